The van der Waals surface area contributed by atoms with E-state index < -0.39 is 17.0 Å². The van der Waals surface area contributed by atoms with Gasteiger partial charge in [-0.2, -0.15) is 0 Å². The average molecular weight is 279 g/mol. The van der Waals surface area contributed by atoms with Gasteiger partial charge in [-0.3, -0.25) is 10.1 Å². The summed E-state index contributed by atoms with van der Waals surface area (Å²) >= 11 is 0. The summed E-state index contributed by atoms with van der Waals surface area (Å²) in [6.45, 7) is 4.83. The van der Waals surface area contributed by atoms with Crippen LogP contribution >= 0.6 is 0 Å². The SMILES string of the molecule is CC(C)OC(=O)/C(=C\c1cccc([N+](=O)[O-])c1)C(C)O. The molecule has 0 aliphatic carbocycles. The molecule has 0 radical (unpaired) electrons. The predicted octanol–water partition coefficient (Wildman–Crippen LogP) is 2.31. The van der Waals surface area contributed by atoms with E-state index in [0.717, 1.165) is 0 Å². The van der Waals surface area contributed by atoms with Crippen molar-refractivity contribution in [1.29, 1.82) is 0 Å². The Morgan fingerprint density at radius 2 is 2.05 bits per heavy atom. The summed E-state index contributed by atoms with van der Waals surface area (Å²) in [6.07, 6.45) is 0.0535. The molecule has 20 heavy (non-hydrogen) atoms. The molecule has 6 heteroatoms. The number of ether oxygens (including phenoxy) is 1. The normalized spacial score (nSPS) is 13.2. The molecule has 1 aromatic carbocycles. The molecule has 0 spiro atoms. The molecule has 0 saturated carbocycles. The predicted molar refractivity (Wildman–Crippen MR) is 74.0 cm³/mol. The average Bonchev–Trinajstić information content (AvgIpc) is 2.34. The molecule has 1 aromatic rings. The Bertz CT molecular complexity index is 534. The quantitative estimate of drug-likeness (QED) is 0.386. The van der Waals surface area contributed by atoms with Crippen LogP contribution in [0.1, 0.15) is 26.3 Å². The number of hydrogen-bond acceptors (Lipinski definition) is 5. The Morgan fingerprint density at radius 1 is 1.40 bits per heavy atom. The summed E-state index contributed by atoms with van der Waals surface area (Å²) in [6, 6.07) is 5.80. The van der Waals surface area contributed by atoms with Gasteiger partial charge < -0.3 is 9.84 Å². The number of benzene rings is 1. The molecule has 0 aliphatic heterocycles. The van der Waals surface area contributed by atoms with Crippen molar-refractivity contribution >= 4 is 17.7 Å². The fourth-order valence-corrected chi connectivity index (χ4v) is 1.54. The molecule has 108 valence electrons. The number of non-ortho nitro benzene ring substituents is 1. The number of aliphatic hydroxyl groups excluding tert-OH is 1. The van der Waals surface area contributed by atoms with E-state index in [4.69, 9.17) is 4.74 Å². The molecule has 0 bridgehead atoms. The number of nitro groups is 1. The van der Waals surface area contributed by atoms with E-state index in [1.807, 2.05) is 0 Å². The monoisotopic (exact) mass is 279 g/mol. The minimum absolute atomic E-state index is 0.0548. The fourth-order valence-electron chi connectivity index (χ4n) is 1.54. The van der Waals surface area contributed by atoms with Crippen LogP contribution in [0.15, 0.2) is 29.8 Å². The summed E-state index contributed by atoms with van der Waals surface area (Å²) in [5, 5.41) is 20.3. The Balaban J connectivity index is 3.11. The summed E-state index contributed by atoms with van der Waals surface area (Å²) in [7, 11) is 0. The lowest BCUT2D eigenvalue weighted by Crippen LogP contribution is -2.20. The van der Waals surface area contributed by atoms with Crippen LogP contribution in [-0.4, -0.2) is 28.2 Å². The number of hydrogen-bond donors (Lipinski definition) is 1. The first kappa shape index (κ1) is 15.8. The number of nitro benzene ring substituents is 1. The first-order valence-electron chi connectivity index (χ1n) is 6.16. The number of carbonyl (C=O) groups excluding carboxylic acids is 1. The molecule has 0 heterocycles. The fraction of sp³-hybridized carbons (Fsp3) is 0.357. The molecule has 0 fully saturated rings. The maximum Gasteiger partial charge on any atom is 0.336 e. The highest BCUT2D eigenvalue weighted by atomic mass is 16.6. The second kappa shape index (κ2) is 6.81. The molecule has 1 atom stereocenters. The number of esters is 1. The van der Waals surface area contributed by atoms with E-state index >= 15 is 0 Å². The Labute approximate surface area is 116 Å². The minimum Gasteiger partial charge on any atom is -0.460 e. The van der Waals surface area contributed by atoms with Gasteiger partial charge in [0.15, 0.2) is 0 Å². The molecular weight excluding hydrogens is 262 g/mol. The van der Waals surface area contributed by atoms with Crippen LogP contribution in [0.5, 0.6) is 0 Å². The van der Waals surface area contributed by atoms with Crippen LogP contribution in [0.25, 0.3) is 6.08 Å². The summed E-state index contributed by atoms with van der Waals surface area (Å²) in [4.78, 5) is 22.0. The van der Waals surface area contributed by atoms with Gasteiger partial charge in [-0.05, 0) is 32.4 Å². The van der Waals surface area contributed by atoms with E-state index in [2.05, 4.69) is 0 Å². The molecule has 0 saturated heterocycles. The van der Waals surface area contributed by atoms with Crippen LogP contribution in [0.3, 0.4) is 0 Å². The third-order valence-corrected chi connectivity index (χ3v) is 2.43. The van der Waals surface area contributed by atoms with Crippen molar-refractivity contribution in [3.05, 3.63) is 45.5 Å². The van der Waals surface area contributed by atoms with Crippen molar-refractivity contribution in [2.45, 2.75) is 33.0 Å². The maximum absolute atomic E-state index is 11.8. The van der Waals surface area contributed by atoms with Crippen LogP contribution in [0.4, 0.5) is 5.69 Å². The van der Waals surface area contributed by atoms with Crippen molar-refractivity contribution in [2.24, 2.45) is 0 Å². The Hall–Kier alpha value is -2.21. The minimum atomic E-state index is -1.03. The van der Waals surface area contributed by atoms with Gasteiger partial charge in [0.05, 0.1) is 22.7 Å². The second-order valence-corrected chi connectivity index (χ2v) is 4.58. The van der Waals surface area contributed by atoms with Crippen molar-refractivity contribution in [1.82, 2.24) is 0 Å². The topological polar surface area (TPSA) is 89.7 Å². The molecule has 0 aromatic heterocycles. The van der Waals surface area contributed by atoms with E-state index in [1.165, 1.54) is 31.2 Å². The van der Waals surface area contributed by atoms with Crippen molar-refractivity contribution in [2.75, 3.05) is 0 Å². The number of carbonyl (C=O) groups is 1. The summed E-state index contributed by atoms with van der Waals surface area (Å²) in [5.74, 6) is -0.637. The highest BCUT2D eigenvalue weighted by Crippen LogP contribution is 2.18. The Kier molecular flexibility index (Phi) is 5.40. The first-order chi connectivity index (χ1) is 9.31. The number of nitrogens with zero attached hydrogens (tertiary/aromatic N) is 1. The zero-order valence-electron chi connectivity index (χ0n) is 11.6. The highest BCUT2D eigenvalue weighted by molar-refractivity contribution is 5.94. The van der Waals surface area contributed by atoms with E-state index in [-0.39, 0.29) is 17.4 Å². The van der Waals surface area contributed by atoms with Gasteiger partial charge >= 0.3 is 5.97 Å². The lowest BCUT2D eigenvalue weighted by Gasteiger charge is -2.13. The van der Waals surface area contributed by atoms with Gasteiger partial charge in [0.1, 0.15) is 0 Å². The van der Waals surface area contributed by atoms with Gasteiger partial charge in [0.25, 0.3) is 5.69 Å². The van der Waals surface area contributed by atoms with Gasteiger partial charge in [0, 0.05) is 12.1 Å². The number of rotatable bonds is 5. The third kappa shape index (κ3) is 4.47. The van der Waals surface area contributed by atoms with Crippen molar-refractivity contribution < 1.29 is 19.6 Å². The van der Waals surface area contributed by atoms with Gasteiger partial charge in [-0.15, -0.1) is 0 Å². The molecule has 6 nitrogen and oxygen atoms in total. The standard InChI is InChI=1S/C14H17NO5/c1-9(2)20-14(17)13(10(3)16)8-11-5-4-6-12(7-11)15(18)19/h4-10,16H,1-3H3/b13-8-. The Morgan fingerprint density at radius 3 is 2.55 bits per heavy atom. The van der Waals surface area contributed by atoms with E-state index in [9.17, 15) is 20.0 Å². The van der Waals surface area contributed by atoms with Crippen molar-refractivity contribution in [3.8, 4) is 0 Å². The number of aliphatic hydroxyl groups is 1. The molecule has 1 unspecified atom stereocenters. The van der Waals surface area contributed by atoms with E-state index in [1.54, 1.807) is 19.9 Å². The summed E-state index contributed by atoms with van der Waals surface area (Å²) < 4.78 is 5.02. The molecular formula is C14H17NO5. The zero-order chi connectivity index (χ0) is 15.3. The largest absolute Gasteiger partial charge is 0.460 e. The van der Waals surface area contributed by atoms with Gasteiger partial charge in [-0.1, -0.05) is 12.1 Å². The van der Waals surface area contributed by atoms with Crippen LogP contribution in [0.2, 0.25) is 0 Å². The molecule has 1 N–H and O–H groups in total. The van der Waals surface area contributed by atoms with Gasteiger partial charge in [-0.25, -0.2) is 4.79 Å². The highest BCUT2D eigenvalue weighted by Gasteiger charge is 2.18. The van der Waals surface area contributed by atoms with E-state index in [0.29, 0.717) is 5.56 Å². The molecule has 0 aliphatic rings. The summed E-state index contributed by atoms with van der Waals surface area (Å²) in [5.41, 5.74) is 0.427. The van der Waals surface area contributed by atoms with Crippen LogP contribution in [-0.2, 0) is 9.53 Å². The van der Waals surface area contributed by atoms with Crippen LogP contribution < -0.4 is 0 Å². The lowest BCUT2D eigenvalue weighted by atomic mass is 10.1. The van der Waals surface area contributed by atoms with Crippen LogP contribution in [0, 0.1) is 10.1 Å². The first-order valence-corrected chi connectivity index (χ1v) is 6.16. The molecule has 0 amide bonds. The third-order valence-electron chi connectivity index (χ3n) is 2.43. The smallest absolute Gasteiger partial charge is 0.336 e. The second-order valence-electron chi connectivity index (χ2n) is 4.58. The van der Waals surface area contributed by atoms with Crippen molar-refractivity contribution in [3.63, 3.8) is 0 Å². The lowest BCUT2D eigenvalue weighted by molar-refractivity contribution is -0.384. The maximum atomic E-state index is 11.8. The zero-order valence-corrected chi connectivity index (χ0v) is 11.6. The molecule has 1 rings (SSSR count). The van der Waals surface area contributed by atoms with Gasteiger partial charge in [0.2, 0.25) is 0 Å².